The summed E-state index contributed by atoms with van der Waals surface area (Å²) >= 11 is 1.01. The van der Waals surface area contributed by atoms with Gasteiger partial charge in [0.15, 0.2) is 4.80 Å². The van der Waals surface area contributed by atoms with Crippen LogP contribution in [0, 0.1) is 15.9 Å². The van der Waals surface area contributed by atoms with Crippen molar-refractivity contribution in [1.29, 1.82) is 0 Å². The molecule has 0 spiro atoms. The fraction of sp³-hybridized carbons (Fsp3) is 0. The van der Waals surface area contributed by atoms with Crippen LogP contribution in [0.4, 0.5) is 10.1 Å². The quantitative estimate of drug-likeness (QED) is 0.320. The van der Waals surface area contributed by atoms with Crippen molar-refractivity contribution in [2.45, 2.75) is 0 Å². The molecule has 0 radical (unpaired) electrons. The number of fused-ring (bicyclic) bond motifs is 1. The van der Waals surface area contributed by atoms with E-state index in [4.69, 9.17) is 5.73 Å². The molecule has 1 aromatic heterocycles. The lowest BCUT2D eigenvalue weighted by atomic mass is 9.90. The second kappa shape index (κ2) is 9.21. The lowest BCUT2D eigenvalue weighted by Crippen LogP contribution is -2.32. The van der Waals surface area contributed by atoms with Crippen LogP contribution in [0.1, 0.15) is 31.1 Å². The van der Waals surface area contributed by atoms with Crippen LogP contribution in [0.25, 0.3) is 17.0 Å². The highest BCUT2D eigenvalue weighted by Gasteiger charge is 2.33. The van der Waals surface area contributed by atoms with E-state index in [0.29, 0.717) is 11.3 Å². The third-order valence-corrected chi connectivity index (χ3v) is 6.55. The van der Waals surface area contributed by atoms with Crippen LogP contribution in [0.5, 0.6) is 0 Å². The number of ketones is 2. The molecule has 182 valence electrons. The summed E-state index contributed by atoms with van der Waals surface area (Å²) in [6.45, 7) is 0. The minimum absolute atomic E-state index is 0.0289. The van der Waals surface area contributed by atoms with Gasteiger partial charge in [0.2, 0.25) is 11.6 Å². The number of rotatable bonds is 4. The van der Waals surface area contributed by atoms with Gasteiger partial charge in [-0.3, -0.25) is 29.1 Å². The number of allylic oxidation sites excluding steroid dienone is 2. The van der Waals surface area contributed by atoms with E-state index < -0.39 is 28.2 Å². The Morgan fingerprint density at radius 1 is 0.946 bits per heavy atom. The maximum Gasteiger partial charge on any atom is 0.279 e. The number of Topliss-reactive ketones (excluding diaryl/α,β-unsaturated/α-hetero) is 2. The molecule has 0 fully saturated rings. The minimum atomic E-state index is -0.731. The van der Waals surface area contributed by atoms with Gasteiger partial charge in [-0.1, -0.05) is 24.3 Å². The van der Waals surface area contributed by atoms with Crippen molar-refractivity contribution in [3.63, 3.8) is 0 Å². The molecule has 37 heavy (non-hydrogen) atoms. The Hall–Kier alpha value is -5.03. The van der Waals surface area contributed by atoms with Crippen LogP contribution >= 0.6 is 11.3 Å². The van der Waals surface area contributed by atoms with Gasteiger partial charge in [0, 0.05) is 34.2 Å². The third-order valence-electron chi connectivity index (χ3n) is 5.73. The summed E-state index contributed by atoms with van der Waals surface area (Å²) in [5.41, 5.74) is 6.72. The van der Waals surface area contributed by atoms with Crippen molar-refractivity contribution in [3.05, 3.63) is 121 Å². The topological polar surface area (TPSA) is 138 Å². The van der Waals surface area contributed by atoms with Gasteiger partial charge in [0.25, 0.3) is 11.6 Å². The normalized spacial score (nSPS) is 13.6. The molecule has 5 rings (SSSR count). The lowest BCUT2D eigenvalue weighted by molar-refractivity contribution is -0.384. The molecule has 0 aliphatic heterocycles. The molecule has 0 saturated carbocycles. The van der Waals surface area contributed by atoms with Crippen LogP contribution in [0.3, 0.4) is 0 Å². The van der Waals surface area contributed by atoms with E-state index in [2.05, 4.69) is 4.99 Å². The molecule has 4 aromatic rings. The molecule has 2 N–H and O–H groups in total. The smallest absolute Gasteiger partial charge is 0.279 e. The first-order valence-electron chi connectivity index (χ1n) is 10.7. The first-order valence-corrected chi connectivity index (χ1v) is 11.6. The van der Waals surface area contributed by atoms with Crippen molar-refractivity contribution in [2.75, 3.05) is 0 Å². The van der Waals surface area contributed by atoms with E-state index in [1.807, 2.05) is 0 Å². The Bertz CT molecular complexity index is 1720. The van der Waals surface area contributed by atoms with Crippen molar-refractivity contribution < 1.29 is 23.7 Å². The molecular weight excluding hydrogens is 499 g/mol. The average molecular weight is 514 g/mol. The number of nitrogens with zero attached hydrogens (tertiary/aromatic N) is 3. The van der Waals surface area contributed by atoms with Crippen LogP contribution in [0.15, 0.2) is 88.9 Å². The van der Waals surface area contributed by atoms with Crippen molar-refractivity contribution in [3.8, 4) is 11.3 Å². The third kappa shape index (κ3) is 4.17. The number of carbonyl (C=O) groups is 3. The van der Waals surface area contributed by atoms with E-state index >= 15 is 0 Å². The fourth-order valence-electron chi connectivity index (χ4n) is 3.91. The van der Waals surface area contributed by atoms with E-state index in [-0.39, 0.29) is 38.6 Å². The number of halogens is 1. The summed E-state index contributed by atoms with van der Waals surface area (Å²) in [5.74, 6) is -2.30. The number of hydrogen-bond acceptors (Lipinski definition) is 7. The fourth-order valence-corrected chi connectivity index (χ4v) is 4.80. The van der Waals surface area contributed by atoms with Gasteiger partial charge in [-0.05, 0) is 42.0 Å². The van der Waals surface area contributed by atoms with Gasteiger partial charge in [0.1, 0.15) is 17.2 Å². The summed E-state index contributed by atoms with van der Waals surface area (Å²) in [6, 6.07) is 16.6. The lowest BCUT2D eigenvalue weighted by Gasteiger charge is -2.20. The number of thiazole rings is 1. The molecule has 9 nitrogen and oxygen atoms in total. The molecule has 1 amide bonds. The second-order valence-corrected chi connectivity index (χ2v) is 8.77. The van der Waals surface area contributed by atoms with Crippen LogP contribution in [-0.2, 0) is 0 Å². The van der Waals surface area contributed by atoms with Gasteiger partial charge in [-0.15, -0.1) is 11.3 Å². The zero-order chi connectivity index (χ0) is 26.3. The number of aromatic nitrogens is 1. The number of hydrogen-bond donors (Lipinski definition) is 1. The second-order valence-electron chi connectivity index (χ2n) is 7.93. The first kappa shape index (κ1) is 23.7. The van der Waals surface area contributed by atoms with Crippen molar-refractivity contribution in [1.82, 2.24) is 4.57 Å². The zero-order valence-electron chi connectivity index (χ0n) is 18.8. The minimum Gasteiger partial charge on any atom is -0.394 e. The average Bonchev–Trinajstić information content (AvgIpc) is 3.30. The number of amides is 1. The largest absolute Gasteiger partial charge is 0.394 e. The summed E-state index contributed by atoms with van der Waals surface area (Å²) in [5, 5.41) is 12.5. The van der Waals surface area contributed by atoms with Gasteiger partial charge >= 0.3 is 0 Å². The van der Waals surface area contributed by atoms with Gasteiger partial charge < -0.3 is 5.73 Å². The Morgan fingerprint density at radius 2 is 1.57 bits per heavy atom. The molecule has 0 atom stereocenters. The number of nitro groups is 1. The molecular formula is C26H15FN4O5S. The van der Waals surface area contributed by atoms with Crippen LogP contribution in [-0.4, -0.2) is 27.0 Å². The van der Waals surface area contributed by atoms with Gasteiger partial charge in [-0.2, -0.15) is 4.99 Å². The number of carbonyl (C=O) groups excluding carboxylic acids is 3. The van der Waals surface area contributed by atoms with Gasteiger partial charge in [-0.25, -0.2) is 4.39 Å². The monoisotopic (exact) mass is 514 g/mol. The van der Waals surface area contributed by atoms with Gasteiger partial charge in [0.05, 0.1) is 10.6 Å². The number of benzene rings is 3. The number of nitrogens with two attached hydrogens (primary N) is 1. The summed E-state index contributed by atoms with van der Waals surface area (Å²) in [7, 11) is 0. The Labute approximate surface area is 211 Å². The molecule has 0 unspecified atom stereocenters. The highest BCUT2D eigenvalue weighted by molar-refractivity contribution is 7.07. The maximum atomic E-state index is 13.6. The predicted octanol–water partition coefficient (Wildman–Crippen LogP) is 4.21. The van der Waals surface area contributed by atoms with Crippen LogP contribution < -0.4 is 10.5 Å². The van der Waals surface area contributed by atoms with Crippen molar-refractivity contribution >= 4 is 40.2 Å². The molecule has 1 aliphatic carbocycles. The Kier molecular flexibility index (Phi) is 5.90. The molecule has 3 aromatic carbocycles. The highest BCUT2D eigenvalue weighted by Crippen LogP contribution is 2.31. The number of nitro benzene ring substituents is 1. The van der Waals surface area contributed by atoms with Crippen molar-refractivity contribution in [2.24, 2.45) is 10.7 Å². The summed E-state index contributed by atoms with van der Waals surface area (Å²) < 4.78 is 14.9. The molecule has 0 bridgehead atoms. The van der Waals surface area contributed by atoms with E-state index in [0.717, 1.165) is 11.3 Å². The SMILES string of the molecule is NC1=C(n2c(-c3ccc(F)cc3)csc2=NC(=O)c2ccc([N+](=O)[O-])cc2)C(=O)c2ccccc2C1=O. The highest BCUT2D eigenvalue weighted by atomic mass is 32.1. The predicted molar refractivity (Wildman–Crippen MR) is 133 cm³/mol. The number of non-ortho nitro benzene ring substituents is 1. The maximum absolute atomic E-state index is 13.6. The Balaban J connectivity index is 1.72. The van der Waals surface area contributed by atoms with Crippen LogP contribution in [0.2, 0.25) is 0 Å². The molecule has 1 heterocycles. The molecule has 0 saturated heterocycles. The standard InChI is InChI=1S/C26H15FN4O5S/c27-16-9-5-14(6-10-16)20-13-37-26(29-25(34)15-7-11-17(12-8-15)31(35)36)30(20)22-21(28)23(32)18-3-1-2-4-19(18)24(22)33/h1-13H,28H2. The van der Waals surface area contributed by atoms with E-state index in [9.17, 15) is 28.9 Å². The molecule has 1 aliphatic rings. The zero-order valence-corrected chi connectivity index (χ0v) is 19.6. The Morgan fingerprint density at radius 3 is 2.19 bits per heavy atom. The molecule has 11 heteroatoms. The summed E-state index contributed by atoms with van der Waals surface area (Å²) in [4.78, 5) is 54.1. The first-order chi connectivity index (χ1) is 17.8. The van der Waals surface area contributed by atoms with E-state index in [1.165, 1.54) is 65.2 Å². The van der Waals surface area contributed by atoms with E-state index in [1.54, 1.807) is 17.5 Å². The summed E-state index contributed by atoms with van der Waals surface area (Å²) in [6.07, 6.45) is 0.